The molecule has 1 aromatic rings. The van der Waals surface area contributed by atoms with E-state index in [0.29, 0.717) is 18.7 Å². The highest BCUT2D eigenvalue weighted by Crippen LogP contribution is 2.18. The quantitative estimate of drug-likeness (QED) is 0.752. The van der Waals surface area contributed by atoms with Gasteiger partial charge in [0.05, 0.1) is 0 Å². The number of amides is 1. The van der Waals surface area contributed by atoms with E-state index in [2.05, 4.69) is 0 Å². The highest BCUT2D eigenvalue weighted by atomic mass is 19.2. The maximum atomic E-state index is 13.2. The standard InChI is InChI=1S/C14H17F2NO/c1-10-8-12(15)13(16)9-11(10)14(18)17-6-4-2-3-5-7-17/h8-9H,2-7H2,1H3. The summed E-state index contributed by atoms with van der Waals surface area (Å²) in [5.41, 5.74) is 0.763. The number of rotatable bonds is 1. The maximum absolute atomic E-state index is 13.2. The molecule has 1 saturated heterocycles. The molecule has 18 heavy (non-hydrogen) atoms. The minimum atomic E-state index is -0.959. The zero-order chi connectivity index (χ0) is 13.1. The van der Waals surface area contributed by atoms with Gasteiger partial charge in [0.1, 0.15) is 0 Å². The molecule has 1 aliphatic heterocycles. The Morgan fingerprint density at radius 1 is 1.06 bits per heavy atom. The van der Waals surface area contributed by atoms with Crippen molar-refractivity contribution >= 4 is 5.91 Å². The SMILES string of the molecule is Cc1cc(F)c(F)cc1C(=O)N1CCCCCC1. The van der Waals surface area contributed by atoms with Gasteiger partial charge >= 0.3 is 0 Å². The number of hydrogen-bond acceptors (Lipinski definition) is 1. The summed E-state index contributed by atoms with van der Waals surface area (Å²) in [6.45, 7) is 3.04. The Balaban J connectivity index is 2.24. The van der Waals surface area contributed by atoms with E-state index in [-0.39, 0.29) is 11.5 Å². The molecule has 0 radical (unpaired) electrons. The molecule has 0 aliphatic carbocycles. The molecule has 2 nitrogen and oxygen atoms in total. The zero-order valence-corrected chi connectivity index (χ0v) is 10.5. The van der Waals surface area contributed by atoms with Crippen LogP contribution in [0, 0.1) is 18.6 Å². The zero-order valence-electron chi connectivity index (χ0n) is 10.5. The van der Waals surface area contributed by atoms with Crippen LogP contribution in [0.15, 0.2) is 12.1 Å². The molecule has 0 spiro atoms. The van der Waals surface area contributed by atoms with Crippen molar-refractivity contribution < 1.29 is 13.6 Å². The lowest BCUT2D eigenvalue weighted by Crippen LogP contribution is -2.32. The average Bonchev–Trinajstić information content (AvgIpc) is 2.61. The Morgan fingerprint density at radius 3 is 2.22 bits per heavy atom. The Bertz CT molecular complexity index is 451. The first-order chi connectivity index (χ1) is 8.59. The van der Waals surface area contributed by atoms with Crippen molar-refractivity contribution in [3.8, 4) is 0 Å². The van der Waals surface area contributed by atoms with Crippen molar-refractivity contribution in [2.45, 2.75) is 32.6 Å². The number of halogens is 2. The normalized spacial score (nSPS) is 16.5. The molecule has 4 heteroatoms. The van der Waals surface area contributed by atoms with Crippen molar-refractivity contribution in [2.75, 3.05) is 13.1 Å². The number of likely N-dealkylation sites (tertiary alicyclic amines) is 1. The van der Waals surface area contributed by atoms with Crippen LogP contribution >= 0.6 is 0 Å². The van der Waals surface area contributed by atoms with Gasteiger partial charge in [-0.1, -0.05) is 12.8 Å². The van der Waals surface area contributed by atoms with Crippen LogP contribution < -0.4 is 0 Å². The van der Waals surface area contributed by atoms with Crippen LogP contribution in [-0.4, -0.2) is 23.9 Å². The third-order valence-corrected chi connectivity index (χ3v) is 3.39. The van der Waals surface area contributed by atoms with Gasteiger partial charge in [0.2, 0.25) is 0 Å². The van der Waals surface area contributed by atoms with E-state index in [4.69, 9.17) is 0 Å². The van der Waals surface area contributed by atoms with Gasteiger partial charge in [0.25, 0.3) is 5.91 Å². The van der Waals surface area contributed by atoms with Crippen LogP contribution in [0.25, 0.3) is 0 Å². The lowest BCUT2D eigenvalue weighted by Gasteiger charge is -2.21. The van der Waals surface area contributed by atoms with Gasteiger partial charge in [0.15, 0.2) is 11.6 Å². The molecule has 98 valence electrons. The van der Waals surface area contributed by atoms with E-state index in [1.54, 1.807) is 11.8 Å². The summed E-state index contributed by atoms with van der Waals surface area (Å²) in [5.74, 6) is -2.05. The summed E-state index contributed by atoms with van der Waals surface area (Å²) in [6, 6.07) is 2.10. The fraction of sp³-hybridized carbons (Fsp3) is 0.500. The predicted molar refractivity (Wildman–Crippen MR) is 65.5 cm³/mol. The number of nitrogens with zero attached hydrogens (tertiary/aromatic N) is 1. The summed E-state index contributed by atoms with van der Waals surface area (Å²) in [6.07, 6.45) is 4.21. The van der Waals surface area contributed by atoms with Crippen LogP contribution in [-0.2, 0) is 0 Å². The first kappa shape index (κ1) is 13.0. The molecule has 0 unspecified atom stereocenters. The Morgan fingerprint density at radius 2 is 1.61 bits per heavy atom. The second-order valence-corrected chi connectivity index (χ2v) is 4.79. The van der Waals surface area contributed by atoms with Crippen LogP contribution in [0.2, 0.25) is 0 Å². The van der Waals surface area contributed by atoms with Gasteiger partial charge in [-0.2, -0.15) is 0 Å². The lowest BCUT2D eigenvalue weighted by atomic mass is 10.1. The summed E-state index contributed by atoms with van der Waals surface area (Å²) in [7, 11) is 0. The van der Waals surface area contributed by atoms with Crippen LogP contribution in [0.4, 0.5) is 8.78 Å². The van der Waals surface area contributed by atoms with Gasteiger partial charge in [0, 0.05) is 18.7 Å². The molecule has 0 saturated carbocycles. The average molecular weight is 253 g/mol. The second kappa shape index (κ2) is 5.46. The van der Waals surface area contributed by atoms with Crippen molar-refractivity contribution in [1.82, 2.24) is 4.90 Å². The minimum absolute atomic E-state index is 0.187. The molecule has 0 bridgehead atoms. The molecule has 0 N–H and O–H groups in total. The Hall–Kier alpha value is -1.45. The van der Waals surface area contributed by atoms with Crippen LogP contribution in [0.5, 0.6) is 0 Å². The van der Waals surface area contributed by atoms with Crippen LogP contribution in [0.3, 0.4) is 0 Å². The summed E-state index contributed by atoms with van der Waals surface area (Å²) < 4.78 is 26.3. The van der Waals surface area contributed by atoms with Crippen molar-refractivity contribution in [2.24, 2.45) is 0 Å². The molecular weight excluding hydrogens is 236 g/mol. The molecule has 0 aromatic heterocycles. The largest absolute Gasteiger partial charge is 0.339 e. The van der Waals surface area contributed by atoms with Crippen LogP contribution in [0.1, 0.15) is 41.6 Å². The van der Waals surface area contributed by atoms with Gasteiger partial charge in [-0.05, 0) is 37.5 Å². The summed E-state index contributed by atoms with van der Waals surface area (Å²) in [4.78, 5) is 14.0. The third kappa shape index (κ3) is 2.68. The monoisotopic (exact) mass is 253 g/mol. The molecule has 1 aromatic carbocycles. The number of hydrogen-bond donors (Lipinski definition) is 0. The fourth-order valence-electron chi connectivity index (χ4n) is 2.32. The minimum Gasteiger partial charge on any atom is -0.339 e. The van der Waals surface area contributed by atoms with E-state index in [1.807, 2.05) is 0 Å². The molecule has 1 amide bonds. The van der Waals surface area contributed by atoms with Gasteiger partial charge in [-0.3, -0.25) is 4.79 Å². The van der Waals surface area contributed by atoms with E-state index >= 15 is 0 Å². The highest BCUT2D eigenvalue weighted by Gasteiger charge is 2.20. The number of carbonyl (C=O) groups is 1. The van der Waals surface area contributed by atoms with Gasteiger partial charge in [-0.25, -0.2) is 8.78 Å². The first-order valence-corrected chi connectivity index (χ1v) is 6.34. The van der Waals surface area contributed by atoms with E-state index in [1.165, 1.54) is 0 Å². The number of carbonyl (C=O) groups excluding carboxylic acids is 1. The first-order valence-electron chi connectivity index (χ1n) is 6.34. The highest BCUT2D eigenvalue weighted by molar-refractivity contribution is 5.95. The molecule has 0 atom stereocenters. The van der Waals surface area contributed by atoms with Gasteiger partial charge in [-0.15, -0.1) is 0 Å². The molecule has 1 aliphatic rings. The van der Waals surface area contributed by atoms with E-state index in [9.17, 15) is 13.6 Å². The number of benzene rings is 1. The lowest BCUT2D eigenvalue weighted by molar-refractivity contribution is 0.0760. The smallest absolute Gasteiger partial charge is 0.254 e. The maximum Gasteiger partial charge on any atom is 0.254 e. The molecular formula is C14H17F2NO. The summed E-state index contributed by atoms with van der Waals surface area (Å²) in [5, 5.41) is 0. The Kier molecular flexibility index (Phi) is 3.94. The molecule has 1 fully saturated rings. The van der Waals surface area contributed by atoms with Crippen molar-refractivity contribution in [3.63, 3.8) is 0 Å². The third-order valence-electron chi connectivity index (χ3n) is 3.39. The second-order valence-electron chi connectivity index (χ2n) is 4.79. The topological polar surface area (TPSA) is 20.3 Å². The number of aryl methyl sites for hydroxylation is 1. The predicted octanol–water partition coefficient (Wildman–Crippen LogP) is 3.29. The summed E-state index contributed by atoms with van der Waals surface area (Å²) >= 11 is 0. The molecule has 1 heterocycles. The van der Waals surface area contributed by atoms with Crippen molar-refractivity contribution in [3.05, 3.63) is 34.9 Å². The van der Waals surface area contributed by atoms with E-state index < -0.39 is 11.6 Å². The van der Waals surface area contributed by atoms with Crippen molar-refractivity contribution in [1.29, 1.82) is 0 Å². The Labute approximate surface area is 106 Å². The van der Waals surface area contributed by atoms with Gasteiger partial charge < -0.3 is 4.90 Å². The van der Waals surface area contributed by atoms with E-state index in [0.717, 1.165) is 37.8 Å². The molecule has 2 rings (SSSR count). The fourth-order valence-corrected chi connectivity index (χ4v) is 2.32.